The number of fused-ring (bicyclic) bond motifs is 1. The minimum absolute atomic E-state index is 0.116. The minimum Gasteiger partial charge on any atom is -0.381 e. The van der Waals surface area contributed by atoms with Crippen molar-refractivity contribution in [3.8, 4) is 0 Å². The van der Waals surface area contributed by atoms with Crippen molar-refractivity contribution in [2.45, 2.75) is 31.8 Å². The molecule has 0 aromatic carbocycles. The van der Waals surface area contributed by atoms with E-state index in [1.807, 2.05) is 12.3 Å². The number of piperidine rings is 1. The molecule has 0 bridgehead atoms. The lowest BCUT2D eigenvalue weighted by Crippen LogP contribution is -2.41. The molecule has 2 aromatic rings. The molecule has 0 radical (unpaired) electrons. The lowest BCUT2D eigenvalue weighted by Gasteiger charge is -2.30. The van der Waals surface area contributed by atoms with Crippen LogP contribution in [-0.4, -0.2) is 41.6 Å². The van der Waals surface area contributed by atoms with Gasteiger partial charge in [-0.15, -0.1) is 0 Å². The first-order chi connectivity index (χ1) is 10.2. The van der Waals surface area contributed by atoms with Crippen LogP contribution in [0.5, 0.6) is 0 Å². The Morgan fingerprint density at radius 3 is 3.10 bits per heavy atom. The van der Waals surface area contributed by atoms with Gasteiger partial charge in [-0.25, -0.2) is 4.98 Å². The predicted molar refractivity (Wildman–Crippen MR) is 83.6 cm³/mol. The van der Waals surface area contributed by atoms with Crippen LogP contribution in [0, 0.1) is 0 Å². The predicted octanol–water partition coefficient (Wildman–Crippen LogP) is 1.47. The van der Waals surface area contributed by atoms with Crippen LogP contribution < -0.4 is 16.0 Å². The largest absolute Gasteiger partial charge is 0.381 e. The van der Waals surface area contributed by atoms with Gasteiger partial charge >= 0.3 is 0 Å². The number of hydrogen-bond acceptors (Lipinski definition) is 4. The third kappa shape index (κ3) is 2.71. The normalized spacial score (nSPS) is 22.2. The summed E-state index contributed by atoms with van der Waals surface area (Å²) in [6.45, 7) is 3.18. The molecule has 6 heteroatoms. The van der Waals surface area contributed by atoms with Gasteiger partial charge in [0.2, 0.25) is 0 Å². The van der Waals surface area contributed by atoms with E-state index < -0.39 is 0 Å². The maximum atomic E-state index is 12.1. The number of pyridine rings is 1. The molecule has 1 saturated heterocycles. The van der Waals surface area contributed by atoms with Crippen molar-refractivity contribution in [2.24, 2.45) is 0 Å². The van der Waals surface area contributed by atoms with Crippen LogP contribution in [0.15, 0.2) is 18.5 Å². The number of anilines is 1. The summed E-state index contributed by atoms with van der Waals surface area (Å²) in [6, 6.07) is 2.81. The van der Waals surface area contributed by atoms with Gasteiger partial charge in [0.05, 0.1) is 11.3 Å². The van der Waals surface area contributed by atoms with Crippen molar-refractivity contribution in [2.75, 3.05) is 18.9 Å². The average molecular weight is 287 g/mol. The molecular formula is C15H21N5O. The number of aromatic amines is 1. The Balaban J connectivity index is 1.97. The van der Waals surface area contributed by atoms with Crippen LogP contribution in [0.3, 0.4) is 0 Å². The van der Waals surface area contributed by atoms with Gasteiger partial charge in [-0.2, -0.15) is 0 Å². The first-order valence-electron chi connectivity index (χ1n) is 7.37. The quantitative estimate of drug-likeness (QED) is 0.689. The van der Waals surface area contributed by atoms with E-state index in [0.717, 1.165) is 36.1 Å². The van der Waals surface area contributed by atoms with Crippen molar-refractivity contribution < 1.29 is 4.79 Å². The highest BCUT2D eigenvalue weighted by molar-refractivity contribution is 6.06. The number of hydrogen-bond donors (Lipinski definition) is 4. The van der Waals surface area contributed by atoms with E-state index in [2.05, 4.69) is 32.8 Å². The fraction of sp³-hybridized carbons (Fsp3) is 0.467. The van der Waals surface area contributed by atoms with Gasteiger partial charge in [0, 0.05) is 36.9 Å². The molecular weight excluding hydrogens is 266 g/mol. The maximum absolute atomic E-state index is 12.1. The zero-order chi connectivity index (χ0) is 14.8. The number of rotatable bonds is 3. The summed E-state index contributed by atoms with van der Waals surface area (Å²) in [7, 11) is 1.64. The number of nitrogens with zero attached hydrogens (tertiary/aromatic N) is 1. The molecule has 0 unspecified atom stereocenters. The SMILES string of the molecule is CNC(=O)c1cnc2[nH]ccc2c1N[C@H]1CCN[C@@H](C)C1. The summed E-state index contributed by atoms with van der Waals surface area (Å²) in [6.07, 6.45) is 5.57. The molecule has 3 heterocycles. The van der Waals surface area contributed by atoms with Crippen LogP contribution in [0.1, 0.15) is 30.1 Å². The molecule has 4 N–H and O–H groups in total. The highest BCUT2D eigenvalue weighted by Gasteiger charge is 2.22. The smallest absolute Gasteiger partial charge is 0.254 e. The summed E-state index contributed by atoms with van der Waals surface area (Å²) in [4.78, 5) is 19.5. The number of carbonyl (C=O) groups excluding carboxylic acids is 1. The molecule has 1 aliphatic heterocycles. The van der Waals surface area contributed by atoms with Crippen LogP contribution in [0.25, 0.3) is 11.0 Å². The Morgan fingerprint density at radius 1 is 1.48 bits per heavy atom. The Hall–Kier alpha value is -2.08. The van der Waals surface area contributed by atoms with E-state index in [4.69, 9.17) is 0 Å². The molecule has 2 atom stereocenters. The van der Waals surface area contributed by atoms with E-state index in [0.29, 0.717) is 17.6 Å². The van der Waals surface area contributed by atoms with Crippen molar-refractivity contribution in [3.05, 3.63) is 24.0 Å². The van der Waals surface area contributed by atoms with Crippen molar-refractivity contribution in [1.29, 1.82) is 0 Å². The van der Waals surface area contributed by atoms with E-state index in [1.54, 1.807) is 13.2 Å². The molecule has 6 nitrogen and oxygen atoms in total. The molecule has 2 aromatic heterocycles. The molecule has 1 aliphatic rings. The second-order valence-corrected chi connectivity index (χ2v) is 5.59. The van der Waals surface area contributed by atoms with E-state index >= 15 is 0 Å². The molecule has 112 valence electrons. The second-order valence-electron chi connectivity index (χ2n) is 5.59. The highest BCUT2D eigenvalue weighted by atomic mass is 16.1. The van der Waals surface area contributed by atoms with Gasteiger partial charge in [0.25, 0.3) is 5.91 Å². The average Bonchev–Trinajstić information content (AvgIpc) is 2.96. The lowest BCUT2D eigenvalue weighted by atomic mass is 9.99. The topological polar surface area (TPSA) is 81.8 Å². The molecule has 21 heavy (non-hydrogen) atoms. The van der Waals surface area contributed by atoms with Gasteiger partial charge in [-0.05, 0) is 32.4 Å². The lowest BCUT2D eigenvalue weighted by molar-refractivity contribution is 0.0963. The highest BCUT2D eigenvalue weighted by Crippen LogP contribution is 2.27. The monoisotopic (exact) mass is 287 g/mol. The third-order valence-electron chi connectivity index (χ3n) is 4.03. The number of carbonyl (C=O) groups is 1. The van der Waals surface area contributed by atoms with Gasteiger partial charge in [0.15, 0.2) is 0 Å². The standard InChI is InChI=1S/C15H21N5O/c1-9-7-10(3-5-17-9)20-13-11-4-6-18-14(11)19-8-12(13)15(21)16-2/h4,6,8-10,17H,3,5,7H2,1-2H3,(H,16,21)(H2,18,19,20)/t9-,10-/m0/s1. The van der Waals surface area contributed by atoms with E-state index in [9.17, 15) is 4.79 Å². The Bertz CT molecular complexity index is 651. The van der Waals surface area contributed by atoms with Gasteiger partial charge in [0.1, 0.15) is 5.65 Å². The summed E-state index contributed by atoms with van der Waals surface area (Å²) in [5.41, 5.74) is 2.27. The van der Waals surface area contributed by atoms with Gasteiger partial charge in [-0.3, -0.25) is 4.79 Å². The molecule has 0 aliphatic carbocycles. The number of nitrogens with one attached hydrogen (secondary N) is 4. The molecule has 1 fully saturated rings. The third-order valence-corrected chi connectivity index (χ3v) is 4.03. The van der Waals surface area contributed by atoms with Crippen LogP contribution >= 0.6 is 0 Å². The zero-order valence-electron chi connectivity index (χ0n) is 12.4. The molecule has 0 saturated carbocycles. The summed E-state index contributed by atoms with van der Waals surface area (Å²) < 4.78 is 0. The number of H-pyrrole nitrogens is 1. The number of aromatic nitrogens is 2. The van der Waals surface area contributed by atoms with E-state index in [1.165, 1.54) is 0 Å². The molecule has 0 spiro atoms. The minimum atomic E-state index is -0.116. The first kappa shape index (κ1) is 13.9. The first-order valence-corrected chi connectivity index (χ1v) is 7.37. The second kappa shape index (κ2) is 5.73. The summed E-state index contributed by atoms with van der Waals surface area (Å²) in [5, 5.41) is 10.6. The van der Waals surface area contributed by atoms with Gasteiger partial charge < -0.3 is 20.9 Å². The Labute approximate surface area is 123 Å². The Kier molecular flexibility index (Phi) is 3.79. The fourth-order valence-corrected chi connectivity index (χ4v) is 2.94. The maximum Gasteiger partial charge on any atom is 0.254 e. The number of amides is 1. The zero-order valence-corrected chi connectivity index (χ0v) is 12.4. The van der Waals surface area contributed by atoms with E-state index in [-0.39, 0.29) is 5.91 Å². The van der Waals surface area contributed by atoms with Crippen molar-refractivity contribution >= 4 is 22.6 Å². The van der Waals surface area contributed by atoms with Crippen molar-refractivity contribution in [3.63, 3.8) is 0 Å². The van der Waals surface area contributed by atoms with Crippen molar-refractivity contribution in [1.82, 2.24) is 20.6 Å². The summed E-state index contributed by atoms with van der Waals surface area (Å²) >= 11 is 0. The Morgan fingerprint density at radius 2 is 2.33 bits per heavy atom. The van der Waals surface area contributed by atoms with Crippen LogP contribution in [-0.2, 0) is 0 Å². The molecule has 3 rings (SSSR count). The molecule has 1 amide bonds. The fourth-order valence-electron chi connectivity index (χ4n) is 2.94. The van der Waals surface area contributed by atoms with Gasteiger partial charge in [-0.1, -0.05) is 0 Å². The van der Waals surface area contributed by atoms with Crippen LogP contribution in [0.4, 0.5) is 5.69 Å². The summed E-state index contributed by atoms with van der Waals surface area (Å²) in [5.74, 6) is -0.116. The van der Waals surface area contributed by atoms with Crippen LogP contribution in [0.2, 0.25) is 0 Å².